The zero-order valence-corrected chi connectivity index (χ0v) is 23.8. The summed E-state index contributed by atoms with van der Waals surface area (Å²) >= 11 is 0. The van der Waals surface area contributed by atoms with Crippen molar-refractivity contribution in [1.82, 2.24) is 0 Å². The summed E-state index contributed by atoms with van der Waals surface area (Å²) in [4.78, 5) is 10.8. The lowest BCUT2D eigenvalue weighted by molar-refractivity contribution is -0.137. The molecule has 0 fully saturated rings. The Labute approximate surface area is 222 Å². The Morgan fingerprint density at radius 3 is 1.86 bits per heavy atom. The van der Waals surface area contributed by atoms with Gasteiger partial charge in [0, 0.05) is 11.8 Å². The SMILES string of the molecule is CCC(CC)(c1ccc(OCC(O)C(C)(C)C)c(C)c1)c1ccc(OC(C)C(O)CCC(=O)O)c(C)c1. The van der Waals surface area contributed by atoms with Gasteiger partial charge in [-0.2, -0.15) is 0 Å². The summed E-state index contributed by atoms with van der Waals surface area (Å²) in [5.41, 5.74) is 3.97. The van der Waals surface area contributed by atoms with Gasteiger partial charge in [-0.3, -0.25) is 4.79 Å². The van der Waals surface area contributed by atoms with Crippen molar-refractivity contribution in [2.45, 2.75) is 105 Å². The molecule has 0 saturated heterocycles. The van der Waals surface area contributed by atoms with Crippen molar-refractivity contribution in [3.05, 3.63) is 58.7 Å². The highest BCUT2D eigenvalue weighted by atomic mass is 16.5. The van der Waals surface area contributed by atoms with Crippen LogP contribution in [0.4, 0.5) is 0 Å². The predicted molar refractivity (Wildman–Crippen MR) is 148 cm³/mol. The van der Waals surface area contributed by atoms with Crippen LogP contribution in [0, 0.1) is 19.3 Å². The number of aliphatic carboxylic acids is 1. The van der Waals surface area contributed by atoms with Crippen LogP contribution in [0.3, 0.4) is 0 Å². The predicted octanol–water partition coefficient (Wildman–Crippen LogP) is 6.19. The highest BCUT2D eigenvalue weighted by Crippen LogP contribution is 2.41. The van der Waals surface area contributed by atoms with E-state index in [1.54, 1.807) is 6.92 Å². The van der Waals surface area contributed by atoms with Crippen molar-refractivity contribution in [3.8, 4) is 11.5 Å². The lowest BCUT2D eigenvalue weighted by Gasteiger charge is -2.34. The summed E-state index contributed by atoms with van der Waals surface area (Å²) in [5, 5.41) is 29.5. The fourth-order valence-corrected chi connectivity index (χ4v) is 4.63. The van der Waals surface area contributed by atoms with E-state index < -0.39 is 24.3 Å². The number of rotatable bonds is 13. The minimum atomic E-state index is -0.931. The second-order valence-corrected chi connectivity index (χ2v) is 11.3. The minimum absolute atomic E-state index is 0.0945. The highest BCUT2D eigenvalue weighted by molar-refractivity contribution is 5.66. The smallest absolute Gasteiger partial charge is 0.303 e. The number of benzene rings is 2. The van der Waals surface area contributed by atoms with Crippen LogP contribution in [-0.2, 0) is 10.2 Å². The quantitative estimate of drug-likeness (QED) is 0.295. The van der Waals surface area contributed by atoms with Crippen LogP contribution in [-0.4, -0.2) is 46.2 Å². The first kappa shape index (κ1) is 30.7. The Bertz CT molecular complexity index is 1030. The lowest BCUT2D eigenvalue weighted by Crippen LogP contribution is -2.32. The molecule has 6 heteroatoms. The average Bonchev–Trinajstić information content (AvgIpc) is 2.83. The van der Waals surface area contributed by atoms with Gasteiger partial charge in [-0.15, -0.1) is 0 Å². The van der Waals surface area contributed by atoms with E-state index >= 15 is 0 Å². The Kier molecular flexibility index (Phi) is 10.6. The van der Waals surface area contributed by atoms with E-state index in [1.165, 1.54) is 11.1 Å². The van der Waals surface area contributed by atoms with Crippen LogP contribution in [0.25, 0.3) is 0 Å². The molecule has 3 unspecified atom stereocenters. The number of aliphatic hydroxyl groups excluding tert-OH is 2. The van der Waals surface area contributed by atoms with Crippen LogP contribution in [0.5, 0.6) is 11.5 Å². The summed E-state index contributed by atoms with van der Waals surface area (Å²) in [7, 11) is 0. The van der Waals surface area contributed by atoms with Crippen molar-refractivity contribution >= 4 is 5.97 Å². The molecule has 3 N–H and O–H groups in total. The fraction of sp³-hybridized carbons (Fsp3) is 0.581. The second kappa shape index (κ2) is 12.8. The maximum atomic E-state index is 10.8. The zero-order valence-electron chi connectivity index (χ0n) is 23.8. The molecule has 3 atom stereocenters. The molecule has 37 heavy (non-hydrogen) atoms. The Hall–Kier alpha value is -2.57. The van der Waals surface area contributed by atoms with Crippen molar-refractivity contribution < 1.29 is 29.6 Å². The van der Waals surface area contributed by atoms with Crippen LogP contribution in [0.15, 0.2) is 36.4 Å². The summed E-state index contributed by atoms with van der Waals surface area (Å²) in [5.74, 6) is 0.534. The molecule has 2 aromatic rings. The Balaban J connectivity index is 2.28. The van der Waals surface area contributed by atoms with Crippen molar-refractivity contribution in [3.63, 3.8) is 0 Å². The molecule has 0 heterocycles. The topological polar surface area (TPSA) is 96.2 Å². The summed E-state index contributed by atoms with van der Waals surface area (Å²) in [6.07, 6.45) is -0.0428. The second-order valence-electron chi connectivity index (χ2n) is 11.3. The molecule has 0 aliphatic rings. The van der Waals surface area contributed by atoms with Crippen LogP contribution >= 0.6 is 0 Å². The Morgan fingerprint density at radius 2 is 1.43 bits per heavy atom. The average molecular weight is 515 g/mol. The van der Waals surface area contributed by atoms with Gasteiger partial charge in [0.1, 0.15) is 24.2 Å². The largest absolute Gasteiger partial charge is 0.491 e. The summed E-state index contributed by atoms with van der Waals surface area (Å²) < 4.78 is 12.0. The third kappa shape index (κ3) is 7.71. The van der Waals surface area contributed by atoms with E-state index in [0.717, 1.165) is 29.7 Å². The van der Waals surface area contributed by atoms with E-state index in [-0.39, 0.29) is 30.3 Å². The summed E-state index contributed by atoms with van der Waals surface area (Å²) in [6, 6.07) is 12.5. The lowest BCUT2D eigenvalue weighted by atomic mass is 9.70. The molecular formula is C31H46O6. The van der Waals surface area contributed by atoms with Gasteiger partial charge in [0.25, 0.3) is 0 Å². The molecule has 0 spiro atoms. The molecule has 6 nitrogen and oxygen atoms in total. The molecule has 0 aliphatic heterocycles. The first-order valence-corrected chi connectivity index (χ1v) is 13.3. The minimum Gasteiger partial charge on any atom is -0.491 e. The molecule has 0 saturated carbocycles. The fourth-order valence-electron chi connectivity index (χ4n) is 4.63. The molecule has 0 aliphatic carbocycles. The number of hydrogen-bond acceptors (Lipinski definition) is 5. The van der Waals surface area contributed by atoms with E-state index in [1.807, 2.05) is 46.8 Å². The van der Waals surface area contributed by atoms with Gasteiger partial charge in [-0.25, -0.2) is 0 Å². The number of carboxylic acid groups (broad SMARTS) is 1. The molecule has 2 aromatic carbocycles. The molecular weight excluding hydrogens is 468 g/mol. The van der Waals surface area contributed by atoms with Gasteiger partial charge >= 0.3 is 5.97 Å². The van der Waals surface area contributed by atoms with E-state index in [2.05, 4.69) is 38.1 Å². The summed E-state index contributed by atoms with van der Waals surface area (Å²) in [6.45, 7) is 16.4. The van der Waals surface area contributed by atoms with Gasteiger partial charge in [0.2, 0.25) is 0 Å². The molecule has 206 valence electrons. The van der Waals surface area contributed by atoms with Crippen LogP contribution in [0.1, 0.15) is 89.5 Å². The van der Waals surface area contributed by atoms with Gasteiger partial charge < -0.3 is 24.8 Å². The van der Waals surface area contributed by atoms with Crippen molar-refractivity contribution in [2.24, 2.45) is 5.41 Å². The van der Waals surface area contributed by atoms with Crippen LogP contribution in [0.2, 0.25) is 0 Å². The van der Waals surface area contributed by atoms with Gasteiger partial charge in [0.05, 0.1) is 12.2 Å². The molecule has 2 rings (SSSR count). The van der Waals surface area contributed by atoms with Crippen LogP contribution < -0.4 is 9.47 Å². The normalized spacial score (nSPS) is 14.6. The first-order valence-electron chi connectivity index (χ1n) is 13.3. The maximum absolute atomic E-state index is 10.8. The van der Waals surface area contributed by atoms with Crippen molar-refractivity contribution in [2.75, 3.05) is 6.61 Å². The third-order valence-electron chi connectivity index (χ3n) is 7.57. The number of hydrogen-bond donors (Lipinski definition) is 3. The number of aliphatic hydroxyl groups is 2. The molecule has 0 aromatic heterocycles. The standard InChI is InChI=1S/C31H46O6/c1-9-31(10-2,23-11-14-26(20(3)17-23)36-19-28(33)30(6,7)8)24-12-15-27(21(4)18-24)37-22(5)25(32)13-16-29(34)35/h11-12,14-15,17-18,22,25,28,32-33H,9-10,13,16,19H2,1-8H3,(H,34,35). The van der Waals surface area contributed by atoms with E-state index in [9.17, 15) is 15.0 Å². The number of carboxylic acids is 1. The van der Waals surface area contributed by atoms with E-state index in [4.69, 9.17) is 14.6 Å². The number of carbonyl (C=O) groups is 1. The van der Waals surface area contributed by atoms with E-state index in [0.29, 0.717) is 5.75 Å². The first-order chi connectivity index (χ1) is 17.2. The Morgan fingerprint density at radius 1 is 0.919 bits per heavy atom. The van der Waals surface area contributed by atoms with Gasteiger partial charge in [-0.05, 0) is 79.8 Å². The zero-order chi connectivity index (χ0) is 28.0. The monoisotopic (exact) mass is 514 g/mol. The maximum Gasteiger partial charge on any atom is 0.303 e. The third-order valence-corrected chi connectivity index (χ3v) is 7.57. The number of ether oxygens (including phenoxy) is 2. The number of aryl methyl sites for hydroxylation is 2. The molecule has 0 radical (unpaired) electrons. The molecule has 0 amide bonds. The highest BCUT2D eigenvalue weighted by Gasteiger charge is 2.32. The van der Waals surface area contributed by atoms with Crippen molar-refractivity contribution in [1.29, 1.82) is 0 Å². The molecule has 0 bridgehead atoms. The van der Waals surface area contributed by atoms with Gasteiger partial charge in [0.15, 0.2) is 0 Å². The van der Waals surface area contributed by atoms with Gasteiger partial charge in [-0.1, -0.05) is 58.9 Å².